The molecule has 2 fully saturated rings. The van der Waals surface area contributed by atoms with Crippen molar-refractivity contribution in [2.75, 3.05) is 17.3 Å². The second kappa shape index (κ2) is 8.61. The topological polar surface area (TPSA) is 49.8 Å². The zero-order valence-electron chi connectivity index (χ0n) is 17.7. The minimum atomic E-state index is -4.39. The SMILES string of the molecule is CC(C)(C)SCC1CC2(CCC(O)CC2)C(=O)N1c1ccc(OCC(F)(F)F)cc1. The smallest absolute Gasteiger partial charge is 0.422 e. The number of alkyl halides is 3. The summed E-state index contributed by atoms with van der Waals surface area (Å²) in [4.78, 5) is 15.3. The summed E-state index contributed by atoms with van der Waals surface area (Å²) in [6, 6.07) is 6.30. The standard InChI is InChI=1S/C22H30F3NO3S/c1-20(2,3)30-13-16-12-21(10-8-17(27)9-11-21)19(28)26(16)15-4-6-18(7-5-15)29-14-22(23,24)25/h4-7,16-17,27H,8-14H2,1-3H3. The van der Waals surface area contributed by atoms with Gasteiger partial charge in [-0.2, -0.15) is 24.9 Å². The molecule has 1 aliphatic heterocycles. The molecule has 0 aromatic heterocycles. The van der Waals surface area contributed by atoms with Gasteiger partial charge in [0.2, 0.25) is 5.91 Å². The number of anilines is 1. The maximum Gasteiger partial charge on any atom is 0.422 e. The second-order valence-corrected chi connectivity index (χ2v) is 11.2. The maximum atomic E-state index is 13.5. The molecule has 8 heteroatoms. The number of thioether (sulfide) groups is 1. The third kappa shape index (κ3) is 5.63. The molecule has 168 valence electrons. The molecule has 1 unspecified atom stereocenters. The zero-order chi connectivity index (χ0) is 22.2. The van der Waals surface area contributed by atoms with Crippen LogP contribution in [-0.2, 0) is 4.79 Å². The van der Waals surface area contributed by atoms with E-state index in [1.165, 1.54) is 12.1 Å². The molecule has 1 saturated heterocycles. The number of benzene rings is 1. The molecule has 1 aromatic rings. The van der Waals surface area contributed by atoms with Crippen molar-refractivity contribution in [2.24, 2.45) is 5.41 Å². The average molecular weight is 446 g/mol. The van der Waals surface area contributed by atoms with Crippen LogP contribution in [0.15, 0.2) is 24.3 Å². The predicted octanol–water partition coefficient (Wildman–Crippen LogP) is 5.19. The molecule has 2 aliphatic rings. The first-order valence-electron chi connectivity index (χ1n) is 10.3. The van der Waals surface area contributed by atoms with Crippen LogP contribution in [0.2, 0.25) is 0 Å². The summed E-state index contributed by atoms with van der Waals surface area (Å²) in [6.45, 7) is 5.07. The van der Waals surface area contributed by atoms with Gasteiger partial charge in [-0.1, -0.05) is 20.8 Å². The van der Waals surface area contributed by atoms with Gasteiger partial charge in [-0.3, -0.25) is 4.79 Å². The largest absolute Gasteiger partial charge is 0.484 e. The number of aliphatic hydroxyl groups is 1. The Balaban J connectivity index is 1.80. The first-order chi connectivity index (χ1) is 13.9. The van der Waals surface area contributed by atoms with E-state index in [0.29, 0.717) is 31.4 Å². The Labute approximate surface area is 180 Å². The third-order valence-electron chi connectivity index (χ3n) is 5.80. The first kappa shape index (κ1) is 23.3. The molecule has 1 N–H and O–H groups in total. The molecular weight excluding hydrogens is 415 g/mol. The minimum Gasteiger partial charge on any atom is -0.484 e. The molecule has 1 amide bonds. The van der Waals surface area contributed by atoms with Crippen molar-refractivity contribution >= 4 is 23.4 Å². The number of aliphatic hydroxyl groups excluding tert-OH is 1. The summed E-state index contributed by atoms with van der Waals surface area (Å²) >= 11 is 1.80. The van der Waals surface area contributed by atoms with E-state index in [9.17, 15) is 23.1 Å². The number of carbonyl (C=O) groups is 1. The lowest BCUT2D eigenvalue weighted by Crippen LogP contribution is -2.40. The third-order valence-corrected chi connectivity index (χ3v) is 7.22. The minimum absolute atomic E-state index is 0.0129. The Morgan fingerprint density at radius 3 is 2.30 bits per heavy atom. The Kier molecular flexibility index (Phi) is 6.68. The van der Waals surface area contributed by atoms with Gasteiger partial charge in [-0.25, -0.2) is 0 Å². The number of hydrogen-bond acceptors (Lipinski definition) is 4. The quantitative estimate of drug-likeness (QED) is 0.678. The fourth-order valence-electron chi connectivity index (χ4n) is 4.30. The molecule has 3 rings (SSSR count). The highest BCUT2D eigenvalue weighted by molar-refractivity contribution is 8.00. The van der Waals surface area contributed by atoms with Crippen LogP contribution in [0.5, 0.6) is 5.75 Å². The molecule has 1 atom stereocenters. The van der Waals surface area contributed by atoms with Crippen LogP contribution < -0.4 is 9.64 Å². The first-order valence-corrected chi connectivity index (χ1v) is 11.3. The van der Waals surface area contributed by atoms with Gasteiger partial charge in [0.05, 0.1) is 11.5 Å². The van der Waals surface area contributed by atoms with Gasteiger partial charge in [-0.05, 0) is 56.4 Å². The summed E-state index contributed by atoms with van der Waals surface area (Å²) in [5.41, 5.74) is 0.232. The lowest BCUT2D eigenvalue weighted by atomic mass is 9.71. The highest BCUT2D eigenvalue weighted by Crippen LogP contribution is 2.49. The average Bonchev–Trinajstić information content (AvgIpc) is 2.92. The number of hydrogen-bond donors (Lipinski definition) is 1. The summed E-state index contributed by atoms with van der Waals surface area (Å²) in [6.07, 6.45) is -1.39. The van der Waals surface area contributed by atoms with E-state index in [1.54, 1.807) is 23.9 Å². The van der Waals surface area contributed by atoms with Gasteiger partial charge in [0, 0.05) is 22.2 Å². The summed E-state index contributed by atoms with van der Waals surface area (Å²) in [7, 11) is 0. The number of carbonyl (C=O) groups excluding carboxylic acids is 1. The molecule has 0 bridgehead atoms. The van der Waals surface area contributed by atoms with E-state index in [-0.39, 0.29) is 28.5 Å². The van der Waals surface area contributed by atoms with E-state index in [4.69, 9.17) is 4.74 Å². The lowest BCUT2D eigenvalue weighted by molar-refractivity contribution is -0.153. The summed E-state index contributed by atoms with van der Waals surface area (Å²) in [5, 5.41) is 9.91. The zero-order valence-corrected chi connectivity index (χ0v) is 18.5. The van der Waals surface area contributed by atoms with Crippen molar-refractivity contribution in [3.8, 4) is 5.75 Å². The Hall–Kier alpha value is -1.41. The highest BCUT2D eigenvalue weighted by Gasteiger charge is 2.53. The van der Waals surface area contributed by atoms with Crippen molar-refractivity contribution in [1.29, 1.82) is 0 Å². The lowest BCUT2D eigenvalue weighted by Gasteiger charge is -2.33. The molecule has 1 aliphatic carbocycles. The fourth-order valence-corrected chi connectivity index (χ4v) is 5.26. The molecule has 30 heavy (non-hydrogen) atoms. The van der Waals surface area contributed by atoms with E-state index in [1.807, 2.05) is 4.90 Å². The molecule has 1 aromatic carbocycles. The van der Waals surface area contributed by atoms with Gasteiger partial charge in [-0.15, -0.1) is 0 Å². The van der Waals surface area contributed by atoms with Crippen LogP contribution in [-0.4, -0.2) is 46.4 Å². The normalized spacial score (nSPS) is 27.7. The maximum absolute atomic E-state index is 13.5. The number of nitrogens with zero attached hydrogens (tertiary/aromatic N) is 1. The van der Waals surface area contributed by atoms with Crippen LogP contribution in [0.25, 0.3) is 0 Å². The second-order valence-electron chi connectivity index (χ2n) is 9.37. The van der Waals surface area contributed by atoms with Crippen LogP contribution >= 0.6 is 11.8 Å². The van der Waals surface area contributed by atoms with Crippen LogP contribution in [0.3, 0.4) is 0 Å². The predicted molar refractivity (Wildman–Crippen MR) is 113 cm³/mol. The van der Waals surface area contributed by atoms with Gasteiger partial charge in [0.1, 0.15) is 5.75 Å². The van der Waals surface area contributed by atoms with Gasteiger partial charge >= 0.3 is 6.18 Å². The van der Waals surface area contributed by atoms with E-state index >= 15 is 0 Å². The van der Waals surface area contributed by atoms with Crippen LogP contribution in [0.1, 0.15) is 52.9 Å². The number of amides is 1. The number of halogens is 3. The van der Waals surface area contributed by atoms with Crippen molar-refractivity contribution in [1.82, 2.24) is 0 Å². The summed E-state index contributed by atoms with van der Waals surface area (Å²) in [5.74, 6) is 0.975. The van der Waals surface area contributed by atoms with Crippen molar-refractivity contribution in [3.63, 3.8) is 0 Å². The number of ether oxygens (including phenoxy) is 1. The van der Waals surface area contributed by atoms with Crippen molar-refractivity contribution in [3.05, 3.63) is 24.3 Å². The fraction of sp³-hybridized carbons (Fsp3) is 0.682. The van der Waals surface area contributed by atoms with E-state index in [0.717, 1.165) is 12.2 Å². The number of rotatable bonds is 5. The van der Waals surface area contributed by atoms with Crippen molar-refractivity contribution < 1.29 is 27.8 Å². The molecular formula is C22H30F3NO3S. The molecule has 0 radical (unpaired) electrons. The molecule has 1 heterocycles. The Morgan fingerprint density at radius 1 is 1.17 bits per heavy atom. The van der Waals surface area contributed by atoms with Gasteiger partial charge in [0.25, 0.3) is 0 Å². The van der Waals surface area contributed by atoms with E-state index in [2.05, 4.69) is 20.8 Å². The van der Waals surface area contributed by atoms with Crippen LogP contribution in [0.4, 0.5) is 18.9 Å². The summed E-state index contributed by atoms with van der Waals surface area (Å²) < 4.78 is 42.0. The van der Waals surface area contributed by atoms with Gasteiger partial charge in [0.15, 0.2) is 6.61 Å². The molecule has 1 spiro atoms. The Bertz CT molecular complexity index is 737. The van der Waals surface area contributed by atoms with Crippen molar-refractivity contribution in [2.45, 2.75) is 75.9 Å². The highest BCUT2D eigenvalue weighted by atomic mass is 32.2. The van der Waals surface area contributed by atoms with Crippen LogP contribution in [0, 0.1) is 5.41 Å². The molecule has 1 saturated carbocycles. The Morgan fingerprint density at radius 2 is 1.77 bits per heavy atom. The van der Waals surface area contributed by atoms with Gasteiger partial charge < -0.3 is 14.7 Å². The monoisotopic (exact) mass is 445 g/mol. The molecule has 4 nitrogen and oxygen atoms in total. The van der Waals surface area contributed by atoms with E-state index < -0.39 is 18.2 Å².